The van der Waals surface area contributed by atoms with Gasteiger partial charge in [0.25, 0.3) is 0 Å². The van der Waals surface area contributed by atoms with E-state index < -0.39 is 0 Å². The lowest BCUT2D eigenvalue weighted by Gasteiger charge is -2.11. The van der Waals surface area contributed by atoms with Crippen molar-refractivity contribution in [3.8, 4) is 0 Å². The van der Waals surface area contributed by atoms with Crippen molar-refractivity contribution in [3.05, 3.63) is 18.0 Å². The number of nitrogens with zero attached hydrogens (tertiary/aromatic N) is 1. The topological polar surface area (TPSA) is 49.9 Å². The minimum atomic E-state index is 0.317. The summed E-state index contributed by atoms with van der Waals surface area (Å²) in [5.74, 6) is 0.857. The average Bonchev–Trinajstić information content (AvgIpc) is 2.90. The molecule has 0 aromatic carbocycles. The quantitative estimate of drug-likeness (QED) is 0.669. The highest BCUT2D eigenvalue weighted by Crippen LogP contribution is 2.28. The molecule has 2 N–H and O–H groups in total. The zero-order valence-corrected chi connectivity index (χ0v) is 9.20. The summed E-state index contributed by atoms with van der Waals surface area (Å²) >= 11 is 0. The number of hydrogen-bond acceptors (Lipinski definition) is 3. The van der Waals surface area contributed by atoms with Crippen LogP contribution in [0.2, 0.25) is 0 Å². The van der Waals surface area contributed by atoms with Gasteiger partial charge < -0.3 is 10.1 Å². The maximum atomic E-state index is 5.54. The van der Waals surface area contributed by atoms with Crippen molar-refractivity contribution in [3.63, 3.8) is 0 Å². The molecular formula is C11H19N3O. The third-order valence-corrected chi connectivity index (χ3v) is 2.74. The molecule has 0 radical (unpaired) electrons. The molecule has 0 aliphatic heterocycles. The summed E-state index contributed by atoms with van der Waals surface area (Å²) in [4.78, 5) is 0. The van der Waals surface area contributed by atoms with E-state index in [-0.39, 0.29) is 0 Å². The molecular weight excluding hydrogens is 190 g/mol. The standard InChI is InChI=1S/C11H19N3O/c1-9(11-4-5-13-14-11)12-6-7-15-8-10-2-3-10/h4-5,9-10,12H,2-3,6-8H2,1H3,(H,13,14). The highest BCUT2D eigenvalue weighted by atomic mass is 16.5. The Balaban J connectivity index is 1.53. The minimum absolute atomic E-state index is 0.317. The van der Waals surface area contributed by atoms with Gasteiger partial charge in [-0.3, -0.25) is 5.10 Å². The summed E-state index contributed by atoms with van der Waals surface area (Å²) < 4.78 is 5.54. The van der Waals surface area contributed by atoms with Gasteiger partial charge in [0.05, 0.1) is 12.3 Å². The van der Waals surface area contributed by atoms with Gasteiger partial charge in [-0.15, -0.1) is 0 Å². The molecule has 2 rings (SSSR count). The molecule has 1 unspecified atom stereocenters. The minimum Gasteiger partial charge on any atom is -0.380 e. The van der Waals surface area contributed by atoms with E-state index in [9.17, 15) is 0 Å². The van der Waals surface area contributed by atoms with Crippen LogP contribution in [-0.4, -0.2) is 30.0 Å². The number of H-pyrrole nitrogens is 1. The van der Waals surface area contributed by atoms with Gasteiger partial charge in [-0.05, 0) is 31.7 Å². The van der Waals surface area contributed by atoms with Gasteiger partial charge in [-0.1, -0.05) is 0 Å². The second kappa shape index (κ2) is 5.28. The van der Waals surface area contributed by atoms with Crippen LogP contribution in [0.4, 0.5) is 0 Å². The zero-order chi connectivity index (χ0) is 10.5. The summed E-state index contributed by atoms with van der Waals surface area (Å²) in [5, 5.41) is 10.3. The van der Waals surface area contributed by atoms with Gasteiger partial charge in [-0.2, -0.15) is 5.10 Å². The number of aromatic nitrogens is 2. The molecule has 0 bridgehead atoms. The highest BCUT2D eigenvalue weighted by Gasteiger charge is 2.20. The third kappa shape index (κ3) is 3.64. The fraction of sp³-hybridized carbons (Fsp3) is 0.727. The molecule has 0 spiro atoms. The SMILES string of the molecule is CC(NCCOCC1CC1)c1ccn[nH]1. The summed E-state index contributed by atoms with van der Waals surface area (Å²) in [6.45, 7) is 4.76. The van der Waals surface area contributed by atoms with Gasteiger partial charge in [0.2, 0.25) is 0 Å². The van der Waals surface area contributed by atoms with Gasteiger partial charge in [0.15, 0.2) is 0 Å². The molecule has 1 aliphatic rings. The van der Waals surface area contributed by atoms with Crippen LogP contribution in [-0.2, 0) is 4.74 Å². The van der Waals surface area contributed by atoms with Gasteiger partial charge in [0, 0.05) is 25.4 Å². The summed E-state index contributed by atoms with van der Waals surface area (Å²) in [6, 6.07) is 2.31. The Morgan fingerprint density at radius 3 is 3.20 bits per heavy atom. The third-order valence-electron chi connectivity index (χ3n) is 2.74. The van der Waals surface area contributed by atoms with E-state index in [0.717, 1.165) is 31.4 Å². The van der Waals surface area contributed by atoms with Crippen molar-refractivity contribution >= 4 is 0 Å². The maximum absolute atomic E-state index is 5.54. The molecule has 0 saturated heterocycles. The zero-order valence-electron chi connectivity index (χ0n) is 9.20. The van der Waals surface area contributed by atoms with Crippen LogP contribution in [0.25, 0.3) is 0 Å². The van der Waals surface area contributed by atoms with Crippen LogP contribution in [0.5, 0.6) is 0 Å². The summed E-state index contributed by atoms with van der Waals surface area (Å²) in [7, 11) is 0. The van der Waals surface area contributed by atoms with E-state index in [1.54, 1.807) is 6.20 Å². The monoisotopic (exact) mass is 209 g/mol. The Hall–Kier alpha value is -0.870. The van der Waals surface area contributed by atoms with Crippen LogP contribution < -0.4 is 5.32 Å². The summed E-state index contributed by atoms with van der Waals surface area (Å²) in [6.07, 6.45) is 4.49. The Morgan fingerprint density at radius 1 is 1.67 bits per heavy atom. The van der Waals surface area contributed by atoms with Gasteiger partial charge in [0.1, 0.15) is 0 Å². The molecule has 4 heteroatoms. The number of hydrogen-bond donors (Lipinski definition) is 2. The molecule has 1 fully saturated rings. The maximum Gasteiger partial charge on any atom is 0.0591 e. The van der Waals surface area contributed by atoms with E-state index in [1.807, 2.05) is 6.07 Å². The molecule has 1 heterocycles. The molecule has 1 atom stereocenters. The summed E-state index contributed by atoms with van der Waals surface area (Å²) in [5.41, 5.74) is 1.12. The van der Waals surface area contributed by atoms with Crippen molar-refractivity contribution in [2.45, 2.75) is 25.8 Å². The fourth-order valence-corrected chi connectivity index (χ4v) is 1.50. The van der Waals surface area contributed by atoms with Crippen LogP contribution in [0, 0.1) is 5.92 Å². The second-order valence-corrected chi connectivity index (χ2v) is 4.21. The second-order valence-electron chi connectivity index (χ2n) is 4.21. The highest BCUT2D eigenvalue weighted by molar-refractivity contribution is 5.02. The first-order chi connectivity index (χ1) is 7.36. The number of ether oxygens (including phenoxy) is 1. The normalized spacial score (nSPS) is 17.9. The molecule has 84 valence electrons. The average molecular weight is 209 g/mol. The number of rotatable bonds is 7. The molecule has 0 amide bonds. The first-order valence-electron chi connectivity index (χ1n) is 5.66. The van der Waals surface area contributed by atoms with Gasteiger partial charge in [-0.25, -0.2) is 0 Å². The van der Waals surface area contributed by atoms with Crippen molar-refractivity contribution in [2.24, 2.45) is 5.92 Å². The molecule has 1 aromatic rings. The molecule has 1 saturated carbocycles. The number of nitrogens with one attached hydrogen (secondary N) is 2. The lowest BCUT2D eigenvalue weighted by Crippen LogP contribution is -2.23. The molecule has 1 aliphatic carbocycles. The van der Waals surface area contributed by atoms with E-state index in [1.165, 1.54) is 12.8 Å². The number of aromatic amines is 1. The van der Waals surface area contributed by atoms with Crippen molar-refractivity contribution in [1.82, 2.24) is 15.5 Å². The Morgan fingerprint density at radius 2 is 2.53 bits per heavy atom. The first-order valence-corrected chi connectivity index (χ1v) is 5.66. The lowest BCUT2D eigenvalue weighted by molar-refractivity contribution is 0.124. The Kier molecular flexibility index (Phi) is 3.75. The largest absolute Gasteiger partial charge is 0.380 e. The molecule has 1 aromatic heterocycles. The van der Waals surface area contributed by atoms with Crippen LogP contribution >= 0.6 is 0 Å². The van der Waals surface area contributed by atoms with Crippen LogP contribution in [0.3, 0.4) is 0 Å². The van der Waals surface area contributed by atoms with Crippen LogP contribution in [0.15, 0.2) is 12.3 Å². The molecule has 4 nitrogen and oxygen atoms in total. The van der Waals surface area contributed by atoms with E-state index in [4.69, 9.17) is 4.74 Å². The fourth-order valence-electron chi connectivity index (χ4n) is 1.50. The first kappa shape index (κ1) is 10.6. The van der Waals surface area contributed by atoms with Crippen molar-refractivity contribution in [2.75, 3.05) is 19.8 Å². The van der Waals surface area contributed by atoms with E-state index >= 15 is 0 Å². The van der Waals surface area contributed by atoms with Crippen molar-refractivity contribution < 1.29 is 4.74 Å². The lowest BCUT2D eigenvalue weighted by atomic mass is 10.2. The predicted molar refractivity (Wildman–Crippen MR) is 58.5 cm³/mol. The Labute approximate surface area is 90.4 Å². The predicted octanol–water partition coefficient (Wildman–Crippen LogP) is 1.49. The molecule has 15 heavy (non-hydrogen) atoms. The van der Waals surface area contributed by atoms with E-state index in [2.05, 4.69) is 22.4 Å². The van der Waals surface area contributed by atoms with E-state index in [0.29, 0.717) is 6.04 Å². The van der Waals surface area contributed by atoms with Gasteiger partial charge >= 0.3 is 0 Å². The Bertz CT molecular complexity index is 269. The smallest absolute Gasteiger partial charge is 0.0591 e. The van der Waals surface area contributed by atoms with Crippen LogP contribution in [0.1, 0.15) is 31.5 Å². The van der Waals surface area contributed by atoms with Crippen molar-refractivity contribution in [1.29, 1.82) is 0 Å².